The largest absolute Gasteiger partial charge is 0.508 e. The van der Waals surface area contributed by atoms with Crippen LogP contribution in [-0.4, -0.2) is 60.3 Å². The third-order valence-corrected chi connectivity index (χ3v) is 5.81. The summed E-state index contributed by atoms with van der Waals surface area (Å²) in [5.41, 5.74) is 0.655. The number of aromatic hydroxyl groups is 1. The van der Waals surface area contributed by atoms with Gasteiger partial charge in [0.25, 0.3) is 11.7 Å². The summed E-state index contributed by atoms with van der Waals surface area (Å²) in [6.45, 7) is 0.809. The second-order valence-corrected chi connectivity index (χ2v) is 7.75. The zero-order valence-electron chi connectivity index (χ0n) is 17.9. The lowest BCUT2D eigenvalue weighted by atomic mass is 9.94. The van der Waals surface area contributed by atoms with Gasteiger partial charge in [0.15, 0.2) is 0 Å². The van der Waals surface area contributed by atoms with Gasteiger partial charge in [-0.2, -0.15) is 0 Å². The van der Waals surface area contributed by atoms with Crippen molar-refractivity contribution in [1.29, 1.82) is 0 Å². The number of ether oxygens (including phenoxy) is 3. The summed E-state index contributed by atoms with van der Waals surface area (Å²) < 4.78 is 16.3. The number of benzene rings is 2. The lowest BCUT2D eigenvalue weighted by Crippen LogP contribution is -2.36. The molecule has 2 saturated heterocycles. The van der Waals surface area contributed by atoms with E-state index in [1.807, 2.05) is 0 Å². The van der Waals surface area contributed by atoms with Gasteiger partial charge in [0, 0.05) is 13.2 Å². The first kappa shape index (κ1) is 21.7. The Morgan fingerprint density at radius 2 is 1.97 bits per heavy atom. The molecule has 0 aliphatic carbocycles. The molecule has 2 fully saturated rings. The van der Waals surface area contributed by atoms with Gasteiger partial charge >= 0.3 is 0 Å². The first-order chi connectivity index (χ1) is 15.4. The van der Waals surface area contributed by atoms with Gasteiger partial charge in [0.2, 0.25) is 0 Å². The van der Waals surface area contributed by atoms with E-state index in [9.17, 15) is 19.8 Å². The SMILES string of the molecule is COc1ccc(OC)c(/C(O)=C2\C(=O)C(=O)N(CC3CCCO3)C2c2cccc(O)c2)c1. The Balaban J connectivity index is 1.88. The number of ketones is 1. The Bertz CT molecular complexity index is 1070. The van der Waals surface area contributed by atoms with E-state index in [0.717, 1.165) is 12.8 Å². The molecule has 4 rings (SSSR count). The number of aliphatic hydroxyl groups excluding tert-OH is 1. The molecule has 2 atom stereocenters. The van der Waals surface area contributed by atoms with Crippen LogP contribution in [0.4, 0.5) is 0 Å². The van der Waals surface area contributed by atoms with E-state index in [0.29, 0.717) is 23.7 Å². The number of rotatable bonds is 6. The monoisotopic (exact) mass is 439 g/mol. The lowest BCUT2D eigenvalue weighted by Gasteiger charge is -2.27. The molecule has 8 nitrogen and oxygen atoms in total. The number of phenols is 1. The highest BCUT2D eigenvalue weighted by Crippen LogP contribution is 2.42. The Kier molecular flexibility index (Phi) is 6.05. The summed E-state index contributed by atoms with van der Waals surface area (Å²) in [6, 6.07) is 10.2. The Morgan fingerprint density at radius 1 is 1.16 bits per heavy atom. The van der Waals surface area contributed by atoms with Gasteiger partial charge in [0.1, 0.15) is 23.0 Å². The summed E-state index contributed by atoms with van der Waals surface area (Å²) in [5.74, 6) is -1.14. The standard InChI is InChI=1S/C24H25NO7/c1-30-16-8-9-19(31-2)18(12-16)22(27)20-21(14-5-3-6-15(26)11-14)25(24(29)23(20)28)13-17-7-4-10-32-17/h3,5-6,8-9,11-12,17,21,26-27H,4,7,10,13H2,1-2H3/b22-20+. The fraction of sp³-hybridized carbons (Fsp3) is 0.333. The maximum atomic E-state index is 13.1. The number of nitrogens with zero attached hydrogens (tertiary/aromatic N) is 1. The third kappa shape index (κ3) is 3.89. The first-order valence-corrected chi connectivity index (χ1v) is 10.4. The number of phenolic OH excluding ortho intramolecular Hbond substituents is 1. The molecular formula is C24H25NO7. The number of likely N-dealkylation sites (tertiary alicyclic amines) is 1. The summed E-state index contributed by atoms with van der Waals surface area (Å²) in [4.78, 5) is 27.6. The van der Waals surface area contributed by atoms with Crippen LogP contribution in [0, 0.1) is 0 Å². The number of amides is 1. The van der Waals surface area contributed by atoms with Crippen LogP contribution in [0.2, 0.25) is 0 Å². The number of methoxy groups -OCH3 is 2. The van der Waals surface area contributed by atoms with Crippen molar-refractivity contribution in [3.63, 3.8) is 0 Å². The van der Waals surface area contributed by atoms with Gasteiger partial charge in [-0.25, -0.2) is 0 Å². The molecule has 1 amide bonds. The van der Waals surface area contributed by atoms with Crippen LogP contribution in [0.25, 0.3) is 5.76 Å². The summed E-state index contributed by atoms with van der Waals surface area (Å²) in [5, 5.41) is 21.3. The molecule has 2 N–H and O–H groups in total. The maximum Gasteiger partial charge on any atom is 0.295 e. The number of carbonyl (C=O) groups excluding carboxylic acids is 2. The number of Topliss-reactive ketones (excluding diaryl/α,β-unsaturated/α-hetero) is 1. The predicted molar refractivity (Wildman–Crippen MR) is 116 cm³/mol. The van der Waals surface area contributed by atoms with Crippen LogP contribution in [-0.2, 0) is 14.3 Å². The minimum atomic E-state index is -0.887. The molecule has 0 saturated carbocycles. The molecule has 2 aliphatic rings. The second kappa shape index (κ2) is 8.92. The normalized spacial score (nSPS) is 22.4. The van der Waals surface area contributed by atoms with E-state index < -0.39 is 17.7 Å². The molecule has 2 unspecified atom stereocenters. The van der Waals surface area contributed by atoms with E-state index in [-0.39, 0.29) is 35.3 Å². The van der Waals surface area contributed by atoms with Crippen molar-refractivity contribution in [3.8, 4) is 17.2 Å². The molecule has 0 bridgehead atoms. The van der Waals surface area contributed by atoms with Crippen LogP contribution in [0.15, 0.2) is 48.0 Å². The van der Waals surface area contributed by atoms with Gasteiger partial charge in [-0.1, -0.05) is 12.1 Å². The number of aliphatic hydroxyl groups is 1. The highest BCUT2D eigenvalue weighted by molar-refractivity contribution is 6.46. The molecule has 0 aromatic heterocycles. The van der Waals surface area contributed by atoms with Crippen molar-refractivity contribution in [2.45, 2.75) is 25.0 Å². The van der Waals surface area contributed by atoms with E-state index in [1.165, 1.54) is 31.3 Å². The highest BCUT2D eigenvalue weighted by Gasteiger charge is 2.47. The number of hydrogen-bond donors (Lipinski definition) is 2. The van der Waals surface area contributed by atoms with Crippen molar-refractivity contribution >= 4 is 17.4 Å². The van der Waals surface area contributed by atoms with Crippen LogP contribution >= 0.6 is 0 Å². The van der Waals surface area contributed by atoms with Crippen LogP contribution in [0.5, 0.6) is 17.2 Å². The summed E-state index contributed by atoms with van der Waals surface area (Å²) in [6.07, 6.45) is 1.46. The second-order valence-electron chi connectivity index (χ2n) is 7.75. The minimum absolute atomic E-state index is 0.0100. The first-order valence-electron chi connectivity index (χ1n) is 10.4. The minimum Gasteiger partial charge on any atom is -0.508 e. The molecule has 0 spiro atoms. The molecule has 0 radical (unpaired) electrons. The van der Waals surface area contributed by atoms with Crippen molar-refractivity contribution in [2.75, 3.05) is 27.4 Å². The molecule has 2 heterocycles. The molecule has 168 valence electrons. The average Bonchev–Trinajstić information content (AvgIpc) is 3.40. The van der Waals surface area contributed by atoms with E-state index in [2.05, 4.69) is 0 Å². The van der Waals surface area contributed by atoms with Gasteiger partial charge < -0.3 is 29.3 Å². The van der Waals surface area contributed by atoms with Crippen molar-refractivity contribution in [1.82, 2.24) is 4.90 Å². The summed E-state index contributed by atoms with van der Waals surface area (Å²) in [7, 11) is 2.93. The number of hydrogen-bond acceptors (Lipinski definition) is 7. The average molecular weight is 439 g/mol. The number of carbonyl (C=O) groups is 2. The molecule has 2 aromatic carbocycles. The summed E-state index contributed by atoms with van der Waals surface area (Å²) >= 11 is 0. The quantitative estimate of drug-likeness (QED) is 0.405. The van der Waals surface area contributed by atoms with Crippen molar-refractivity contribution in [3.05, 3.63) is 59.2 Å². The van der Waals surface area contributed by atoms with E-state index >= 15 is 0 Å². The fourth-order valence-corrected chi connectivity index (χ4v) is 4.26. The molecule has 2 aliphatic heterocycles. The van der Waals surface area contributed by atoms with E-state index in [4.69, 9.17) is 14.2 Å². The van der Waals surface area contributed by atoms with E-state index in [1.54, 1.807) is 30.3 Å². The Labute approximate surface area is 185 Å². The van der Waals surface area contributed by atoms with Gasteiger partial charge in [-0.15, -0.1) is 0 Å². The van der Waals surface area contributed by atoms with Gasteiger partial charge in [-0.05, 0) is 48.7 Å². The third-order valence-electron chi connectivity index (χ3n) is 5.81. The van der Waals surface area contributed by atoms with Crippen LogP contribution < -0.4 is 9.47 Å². The van der Waals surface area contributed by atoms with Crippen LogP contribution in [0.3, 0.4) is 0 Å². The highest BCUT2D eigenvalue weighted by atomic mass is 16.5. The predicted octanol–water partition coefficient (Wildman–Crippen LogP) is 3.01. The zero-order chi connectivity index (χ0) is 22.8. The van der Waals surface area contributed by atoms with Gasteiger partial charge in [-0.3, -0.25) is 9.59 Å². The van der Waals surface area contributed by atoms with Crippen LogP contribution in [0.1, 0.15) is 30.0 Å². The zero-order valence-corrected chi connectivity index (χ0v) is 17.9. The Hall–Kier alpha value is -3.52. The molecule has 2 aromatic rings. The lowest BCUT2D eigenvalue weighted by molar-refractivity contribution is -0.140. The smallest absolute Gasteiger partial charge is 0.295 e. The maximum absolute atomic E-state index is 13.1. The van der Waals surface area contributed by atoms with Crippen molar-refractivity contribution < 1.29 is 34.0 Å². The Morgan fingerprint density at radius 3 is 2.62 bits per heavy atom. The fourth-order valence-electron chi connectivity index (χ4n) is 4.26. The van der Waals surface area contributed by atoms with Gasteiger partial charge in [0.05, 0.1) is 37.5 Å². The molecule has 8 heteroatoms. The molecule has 32 heavy (non-hydrogen) atoms. The topological polar surface area (TPSA) is 106 Å². The molecular weight excluding hydrogens is 414 g/mol. The van der Waals surface area contributed by atoms with Crippen molar-refractivity contribution in [2.24, 2.45) is 0 Å².